The van der Waals surface area contributed by atoms with Crippen molar-refractivity contribution in [3.8, 4) is 0 Å². The van der Waals surface area contributed by atoms with Gasteiger partial charge in [-0.1, -0.05) is 48.5 Å². The highest BCUT2D eigenvalue weighted by atomic mass is 16.2. The summed E-state index contributed by atoms with van der Waals surface area (Å²) in [7, 11) is 0. The Balaban J connectivity index is 1.22. The molecule has 6 heteroatoms. The molecule has 2 aliphatic heterocycles. The largest absolute Gasteiger partial charge is 0.352 e. The van der Waals surface area contributed by atoms with Crippen LogP contribution in [0.2, 0.25) is 0 Å². The maximum absolute atomic E-state index is 13.1. The minimum absolute atomic E-state index is 0.0162. The maximum Gasteiger partial charge on any atom is 0.291 e. The van der Waals surface area contributed by atoms with Gasteiger partial charge < -0.3 is 14.8 Å². The van der Waals surface area contributed by atoms with Crippen LogP contribution < -0.4 is 10.5 Å². The zero-order valence-electron chi connectivity index (χ0n) is 17.5. The van der Waals surface area contributed by atoms with Crippen molar-refractivity contribution in [1.29, 1.82) is 0 Å². The average Bonchev–Trinajstić information content (AvgIpc) is 2.84. The number of hydrogen-bond acceptors (Lipinski definition) is 4. The number of hydrogen-bond donors (Lipinski definition) is 1. The number of piperidine rings is 1. The van der Waals surface area contributed by atoms with Crippen molar-refractivity contribution in [2.45, 2.75) is 19.3 Å². The van der Waals surface area contributed by atoms with Gasteiger partial charge in [-0.25, -0.2) is 4.98 Å². The van der Waals surface area contributed by atoms with E-state index in [4.69, 9.17) is 0 Å². The third-order valence-electron chi connectivity index (χ3n) is 6.39. The van der Waals surface area contributed by atoms with E-state index < -0.39 is 0 Å². The highest BCUT2D eigenvalue weighted by Crippen LogP contribution is 2.26. The van der Waals surface area contributed by atoms with Crippen LogP contribution in [-0.4, -0.2) is 47.0 Å². The minimum atomic E-state index is -0.168. The Bertz CT molecular complexity index is 1180. The fraction of sp³-hybridized carbons (Fsp3) is 0.320. The molecule has 3 aromatic rings. The molecular formula is C25H26N4O2. The number of fused-ring (bicyclic) bond motifs is 1. The second-order valence-electron chi connectivity index (χ2n) is 8.30. The van der Waals surface area contributed by atoms with E-state index in [-0.39, 0.29) is 17.4 Å². The van der Waals surface area contributed by atoms with Crippen molar-refractivity contribution in [2.75, 3.05) is 31.1 Å². The van der Waals surface area contributed by atoms with E-state index in [2.05, 4.69) is 40.3 Å². The smallest absolute Gasteiger partial charge is 0.291 e. The van der Waals surface area contributed by atoms with Crippen molar-refractivity contribution in [1.82, 2.24) is 14.9 Å². The van der Waals surface area contributed by atoms with Crippen LogP contribution in [0.1, 0.15) is 24.8 Å². The molecule has 2 aromatic carbocycles. The van der Waals surface area contributed by atoms with Crippen molar-refractivity contribution >= 4 is 28.3 Å². The molecule has 1 saturated heterocycles. The van der Waals surface area contributed by atoms with E-state index in [0.717, 1.165) is 36.8 Å². The predicted octanol–water partition coefficient (Wildman–Crippen LogP) is 3.46. The fourth-order valence-electron chi connectivity index (χ4n) is 4.61. The summed E-state index contributed by atoms with van der Waals surface area (Å²) in [6.07, 6.45) is 4.58. The van der Waals surface area contributed by atoms with Crippen LogP contribution >= 0.6 is 0 Å². The summed E-state index contributed by atoms with van der Waals surface area (Å²) >= 11 is 0. The zero-order chi connectivity index (χ0) is 21.2. The van der Waals surface area contributed by atoms with E-state index in [0.29, 0.717) is 25.5 Å². The lowest BCUT2D eigenvalue weighted by Crippen LogP contribution is -2.45. The van der Waals surface area contributed by atoms with Gasteiger partial charge in [-0.05, 0) is 42.5 Å². The van der Waals surface area contributed by atoms with Crippen LogP contribution in [0.15, 0.2) is 65.5 Å². The molecule has 0 radical (unpaired) electrons. The topological polar surface area (TPSA) is 69.3 Å². The number of nitrogens with one attached hydrogen (secondary N) is 1. The van der Waals surface area contributed by atoms with Crippen molar-refractivity contribution < 1.29 is 4.79 Å². The zero-order valence-corrected chi connectivity index (χ0v) is 17.5. The van der Waals surface area contributed by atoms with Crippen LogP contribution in [0.5, 0.6) is 0 Å². The predicted molar refractivity (Wildman–Crippen MR) is 123 cm³/mol. The number of carbonyl (C=O) groups excluding carboxylic acids is 1. The standard InChI is InChI=1S/C25H26N4O2/c30-24-23(26-21-8-4-5-9-22(21)27-24)28-14-12-20(13-15-28)25(31)29-16-10-19(11-17-29)18-6-2-1-3-7-18/h1-10,20H,11-17H2,(H,27,30). The van der Waals surface area contributed by atoms with Gasteiger partial charge in [0.15, 0.2) is 5.82 Å². The highest BCUT2D eigenvalue weighted by molar-refractivity contribution is 5.81. The number of aromatic nitrogens is 2. The fourth-order valence-corrected chi connectivity index (χ4v) is 4.61. The lowest BCUT2D eigenvalue weighted by atomic mass is 9.93. The van der Waals surface area contributed by atoms with Crippen LogP contribution in [0.25, 0.3) is 16.6 Å². The molecule has 158 valence electrons. The first-order valence-electron chi connectivity index (χ1n) is 11.0. The van der Waals surface area contributed by atoms with E-state index in [1.807, 2.05) is 40.1 Å². The Kier molecular flexibility index (Phi) is 5.28. The van der Waals surface area contributed by atoms with Gasteiger partial charge in [0.1, 0.15) is 0 Å². The quantitative estimate of drug-likeness (QED) is 0.713. The molecule has 0 saturated carbocycles. The molecule has 31 heavy (non-hydrogen) atoms. The number of benzene rings is 2. The SMILES string of the molecule is O=C(C1CCN(c2nc3ccccc3[nH]c2=O)CC1)N1CC=C(c2ccccc2)CC1. The second kappa shape index (κ2) is 8.38. The molecule has 0 atom stereocenters. The number of aromatic amines is 1. The molecule has 0 spiro atoms. The van der Waals surface area contributed by atoms with E-state index >= 15 is 0 Å². The van der Waals surface area contributed by atoms with E-state index in [1.54, 1.807) is 0 Å². The molecule has 5 rings (SSSR count). The normalized spacial score (nSPS) is 17.6. The van der Waals surface area contributed by atoms with Crippen molar-refractivity contribution in [3.05, 3.63) is 76.6 Å². The van der Waals surface area contributed by atoms with E-state index in [1.165, 1.54) is 11.1 Å². The Morgan fingerprint density at radius 2 is 1.71 bits per heavy atom. The number of anilines is 1. The lowest BCUT2D eigenvalue weighted by molar-refractivity contribution is -0.135. The third kappa shape index (κ3) is 3.98. The number of H-pyrrole nitrogens is 1. The van der Waals surface area contributed by atoms with Crippen LogP contribution in [0.3, 0.4) is 0 Å². The molecule has 0 unspecified atom stereocenters. The number of para-hydroxylation sites is 2. The van der Waals surface area contributed by atoms with Crippen molar-refractivity contribution in [3.63, 3.8) is 0 Å². The molecular weight excluding hydrogens is 388 g/mol. The third-order valence-corrected chi connectivity index (χ3v) is 6.39. The first-order chi connectivity index (χ1) is 15.2. The summed E-state index contributed by atoms with van der Waals surface area (Å²) in [5, 5.41) is 0. The van der Waals surface area contributed by atoms with Gasteiger partial charge in [-0.3, -0.25) is 9.59 Å². The van der Waals surface area contributed by atoms with Gasteiger partial charge in [0, 0.05) is 32.1 Å². The van der Waals surface area contributed by atoms with Gasteiger partial charge in [-0.2, -0.15) is 0 Å². The maximum atomic E-state index is 13.1. The molecule has 3 heterocycles. The Morgan fingerprint density at radius 1 is 0.968 bits per heavy atom. The molecule has 1 fully saturated rings. The van der Waals surface area contributed by atoms with Gasteiger partial charge in [0.05, 0.1) is 11.0 Å². The summed E-state index contributed by atoms with van der Waals surface area (Å²) < 4.78 is 0. The number of rotatable bonds is 3. The summed E-state index contributed by atoms with van der Waals surface area (Å²) in [6, 6.07) is 17.9. The summed E-state index contributed by atoms with van der Waals surface area (Å²) in [4.78, 5) is 37.1. The van der Waals surface area contributed by atoms with Gasteiger partial charge >= 0.3 is 0 Å². The van der Waals surface area contributed by atoms with E-state index in [9.17, 15) is 9.59 Å². The molecule has 0 aliphatic carbocycles. The second-order valence-corrected chi connectivity index (χ2v) is 8.30. The van der Waals surface area contributed by atoms with Gasteiger partial charge in [0.2, 0.25) is 5.91 Å². The molecule has 2 aliphatic rings. The molecule has 1 amide bonds. The van der Waals surface area contributed by atoms with Gasteiger partial charge in [0.25, 0.3) is 5.56 Å². The number of nitrogens with zero attached hydrogens (tertiary/aromatic N) is 3. The lowest BCUT2D eigenvalue weighted by Gasteiger charge is -2.35. The van der Waals surface area contributed by atoms with Gasteiger partial charge in [-0.15, -0.1) is 0 Å². The monoisotopic (exact) mass is 414 g/mol. The van der Waals surface area contributed by atoms with Crippen LogP contribution in [-0.2, 0) is 4.79 Å². The van der Waals surface area contributed by atoms with Crippen molar-refractivity contribution in [2.24, 2.45) is 5.92 Å². The Labute approximate surface area is 181 Å². The summed E-state index contributed by atoms with van der Waals surface area (Å²) in [5.41, 5.74) is 3.93. The Hall–Kier alpha value is -3.41. The number of carbonyl (C=O) groups is 1. The van der Waals surface area contributed by atoms with Crippen LogP contribution in [0.4, 0.5) is 5.82 Å². The van der Waals surface area contributed by atoms with Crippen LogP contribution in [0, 0.1) is 5.92 Å². The molecule has 1 aromatic heterocycles. The Morgan fingerprint density at radius 3 is 2.45 bits per heavy atom. The molecule has 1 N–H and O–H groups in total. The summed E-state index contributed by atoms with van der Waals surface area (Å²) in [5.74, 6) is 0.712. The first kappa shape index (κ1) is 19.5. The molecule has 0 bridgehead atoms. The number of amides is 1. The first-order valence-corrected chi connectivity index (χ1v) is 11.0. The highest BCUT2D eigenvalue weighted by Gasteiger charge is 2.30. The molecule has 6 nitrogen and oxygen atoms in total. The summed E-state index contributed by atoms with van der Waals surface area (Å²) in [6.45, 7) is 2.79. The average molecular weight is 415 g/mol. The minimum Gasteiger partial charge on any atom is -0.352 e.